The van der Waals surface area contributed by atoms with E-state index in [4.69, 9.17) is 5.11 Å². The van der Waals surface area contributed by atoms with Crippen LogP contribution in [0, 0.1) is 16.7 Å². The Kier molecular flexibility index (Phi) is 3.82. The number of fused-ring (bicyclic) bond motifs is 1. The largest absolute Gasteiger partial charge is 0.481 e. The fourth-order valence-corrected chi connectivity index (χ4v) is 3.51. The van der Waals surface area contributed by atoms with Crippen molar-refractivity contribution in [2.45, 2.75) is 39.5 Å². The number of carboxylic acids is 1. The van der Waals surface area contributed by atoms with E-state index in [0.29, 0.717) is 10.6 Å². The Labute approximate surface area is 121 Å². The third-order valence-electron chi connectivity index (χ3n) is 3.47. The van der Waals surface area contributed by atoms with E-state index in [-0.39, 0.29) is 12.3 Å². The number of carbonyl (C=O) groups is 2. The van der Waals surface area contributed by atoms with Crippen LogP contribution >= 0.6 is 11.3 Å². The van der Waals surface area contributed by atoms with Crippen LogP contribution in [0.25, 0.3) is 0 Å². The van der Waals surface area contributed by atoms with E-state index in [0.717, 1.165) is 29.7 Å². The summed E-state index contributed by atoms with van der Waals surface area (Å²) < 4.78 is 0. The van der Waals surface area contributed by atoms with Gasteiger partial charge in [-0.3, -0.25) is 9.59 Å². The van der Waals surface area contributed by atoms with Gasteiger partial charge in [-0.25, -0.2) is 0 Å². The molecule has 0 saturated carbocycles. The normalized spacial score (nSPS) is 13.7. The minimum atomic E-state index is -1.11. The van der Waals surface area contributed by atoms with Gasteiger partial charge >= 0.3 is 5.97 Å². The highest BCUT2D eigenvalue weighted by Gasteiger charge is 2.31. The third kappa shape index (κ3) is 2.68. The second kappa shape index (κ2) is 5.25. The van der Waals surface area contributed by atoms with Crippen molar-refractivity contribution in [2.24, 2.45) is 5.41 Å². The molecule has 5 nitrogen and oxygen atoms in total. The van der Waals surface area contributed by atoms with E-state index in [1.807, 2.05) is 0 Å². The number of aryl methyl sites for hydroxylation is 1. The molecule has 0 bridgehead atoms. The average Bonchev–Trinajstić information content (AvgIpc) is 2.87. The lowest BCUT2D eigenvalue weighted by Crippen LogP contribution is -2.29. The fourth-order valence-electron chi connectivity index (χ4n) is 2.26. The number of aliphatic carboxylic acids is 1. The summed E-state index contributed by atoms with van der Waals surface area (Å²) >= 11 is 1.43. The smallest absolute Gasteiger partial charge is 0.309 e. The molecule has 1 amide bonds. The summed E-state index contributed by atoms with van der Waals surface area (Å²) in [5.74, 6) is -1.38. The third-order valence-corrected chi connectivity index (χ3v) is 4.67. The van der Waals surface area contributed by atoms with E-state index >= 15 is 0 Å². The lowest BCUT2D eigenvalue weighted by molar-refractivity contribution is -0.148. The predicted molar refractivity (Wildman–Crippen MR) is 75.7 cm³/mol. The molecule has 1 heterocycles. The predicted octanol–water partition coefficient (Wildman–Crippen LogP) is 2.55. The topological polar surface area (TPSA) is 90.2 Å². The molecular weight excluding hydrogens is 276 g/mol. The van der Waals surface area contributed by atoms with Gasteiger partial charge in [-0.05, 0) is 38.7 Å². The molecule has 0 atom stereocenters. The van der Waals surface area contributed by atoms with E-state index in [1.165, 1.54) is 25.2 Å². The summed E-state index contributed by atoms with van der Waals surface area (Å²) in [4.78, 5) is 24.1. The summed E-state index contributed by atoms with van der Waals surface area (Å²) in [6.45, 7) is 3.02. The first-order valence-electron chi connectivity index (χ1n) is 6.43. The highest BCUT2D eigenvalue weighted by Crippen LogP contribution is 2.38. The van der Waals surface area contributed by atoms with Crippen LogP contribution in [0.4, 0.5) is 5.00 Å². The molecule has 1 aromatic heterocycles. The number of carbonyl (C=O) groups excluding carboxylic acids is 1. The van der Waals surface area contributed by atoms with E-state index < -0.39 is 11.4 Å². The number of nitrogens with one attached hydrogen (secondary N) is 1. The minimum Gasteiger partial charge on any atom is -0.481 e. The number of carboxylic acid groups (broad SMARTS) is 1. The van der Waals surface area contributed by atoms with Gasteiger partial charge in [0.15, 0.2) is 0 Å². The minimum absolute atomic E-state index is 0.115. The molecule has 0 aliphatic heterocycles. The van der Waals surface area contributed by atoms with Gasteiger partial charge in [-0.2, -0.15) is 5.26 Å². The molecule has 0 radical (unpaired) electrons. The molecule has 0 aromatic carbocycles. The Morgan fingerprint density at radius 1 is 1.45 bits per heavy atom. The van der Waals surface area contributed by atoms with Crippen LogP contribution in [-0.4, -0.2) is 17.0 Å². The van der Waals surface area contributed by atoms with Gasteiger partial charge in [0, 0.05) is 11.3 Å². The van der Waals surface area contributed by atoms with Crippen LogP contribution in [0.3, 0.4) is 0 Å². The summed E-state index contributed by atoms with van der Waals surface area (Å²) in [7, 11) is 0. The molecule has 20 heavy (non-hydrogen) atoms. The zero-order valence-corrected chi connectivity index (χ0v) is 12.3. The molecule has 0 saturated heterocycles. The van der Waals surface area contributed by atoms with E-state index in [9.17, 15) is 14.9 Å². The Bertz CT molecular complexity index is 611. The number of hydrogen-bond acceptors (Lipinski definition) is 4. The highest BCUT2D eigenvalue weighted by atomic mass is 32.1. The van der Waals surface area contributed by atoms with Gasteiger partial charge in [0.2, 0.25) is 5.91 Å². The van der Waals surface area contributed by atoms with Crippen molar-refractivity contribution in [1.29, 1.82) is 5.26 Å². The molecule has 1 aliphatic rings. The maximum Gasteiger partial charge on any atom is 0.309 e. The Morgan fingerprint density at radius 3 is 2.75 bits per heavy atom. The number of amides is 1. The highest BCUT2D eigenvalue weighted by molar-refractivity contribution is 7.16. The number of hydrogen-bond donors (Lipinski definition) is 2. The molecule has 0 fully saturated rings. The molecule has 106 valence electrons. The van der Waals surface area contributed by atoms with Crippen LogP contribution in [0.1, 0.15) is 42.7 Å². The lowest BCUT2D eigenvalue weighted by atomic mass is 9.89. The van der Waals surface area contributed by atoms with Crippen LogP contribution in [0.2, 0.25) is 0 Å². The number of thiophene rings is 1. The van der Waals surface area contributed by atoms with Gasteiger partial charge in [-0.1, -0.05) is 0 Å². The van der Waals surface area contributed by atoms with Gasteiger partial charge in [0.25, 0.3) is 0 Å². The first-order valence-corrected chi connectivity index (χ1v) is 7.24. The summed E-state index contributed by atoms with van der Waals surface area (Å²) in [6.07, 6.45) is 2.77. The van der Waals surface area contributed by atoms with Gasteiger partial charge < -0.3 is 10.4 Å². The summed E-state index contributed by atoms with van der Waals surface area (Å²) in [6, 6.07) is 2.15. The Hall–Kier alpha value is -1.87. The summed E-state index contributed by atoms with van der Waals surface area (Å²) in [5.41, 5.74) is 0.478. The lowest BCUT2D eigenvalue weighted by Gasteiger charge is -2.17. The molecule has 2 rings (SSSR count). The van der Waals surface area contributed by atoms with Gasteiger partial charge in [0.1, 0.15) is 11.1 Å². The first-order chi connectivity index (χ1) is 9.35. The van der Waals surface area contributed by atoms with E-state index in [2.05, 4.69) is 11.4 Å². The number of rotatable bonds is 4. The fraction of sp³-hybridized carbons (Fsp3) is 0.500. The monoisotopic (exact) mass is 292 g/mol. The molecular formula is C14H16N2O3S. The van der Waals surface area contributed by atoms with Gasteiger partial charge in [0.05, 0.1) is 11.0 Å². The van der Waals surface area contributed by atoms with E-state index in [1.54, 1.807) is 0 Å². The van der Waals surface area contributed by atoms with Crippen molar-refractivity contribution < 1.29 is 14.7 Å². The number of nitriles is 1. The van der Waals surface area contributed by atoms with Crippen molar-refractivity contribution in [2.75, 3.05) is 5.32 Å². The van der Waals surface area contributed by atoms with Crippen LogP contribution in [-0.2, 0) is 22.4 Å². The second-order valence-electron chi connectivity index (χ2n) is 5.59. The summed E-state index contributed by atoms with van der Waals surface area (Å²) in [5, 5.41) is 21.5. The van der Waals surface area contributed by atoms with Crippen molar-refractivity contribution in [3.63, 3.8) is 0 Å². The van der Waals surface area contributed by atoms with Crippen molar-refractivity contribution in [3.05, 3.63) is 16.0 Å². The quantitative estimate of drug-likeness (QED) is 0.892. The Morgan fingerprint density at radius 2 is 2.15 bits per heavy atom. The SMILES string of the molecule is CC(C)(CC(=O)Nc1sc2c(c1C#N)CCC2)C(=O)O. The maximum absolute atomic E-state index is 12.0. The standard InChI is InChI=1S/C14H16N2O3S/c1-14(2,13(18)19)6-11(17)16-12-9(7-15)8-4-3-5-10(8)20-12/h3-6H2,1-2H3,(H,16,17)(H,18,19). The molecule has 0 spiro atoms. The number of anilines is 1. The maximum atomic E-state index is 12.0. The zero-order valence-electron chi connectivity index (χ0n) is 11.4. The molecule has 6 heteroatoms. The van der Waals surface area contributed by atoms with Gasteiger partial charge in [-0.15, -0.1) is 11.3 Å². The van der Waals surface area contributed by atoms with Crippen LogP contribution < -0.4 is 5.32 Å². The molecule has 2 N–H and O–H groups in total. The molecule has 1 aliphatic carbocycles. The van der Waals surface area contributed by atoms with Crippen molar-refractivity contribution in [1.82, 2.24) is 0 Å². The Balaban J connectivity index is 2.14. The van der Waals surface area contributed by atoms with Crippen molar-refractivity contribution >= 4 is 28.2 Å². The molecule has 1 aromatic rings. The zero-order chi connectivity index (χ0) is 14.9. The second-order valence-corrected chi connectivity index (χ2v) is 6.69. The first kappa shape index (κ1) is 14.5. The van der Waals surface area contributed by atoms with Crippen molar-refractivity contribution in [3.8, 4) is 6.07 Å². The van der Waals surface area contributed by atoms with Crippen LogP contribution in [0.15, 0.2) is 0 Å². The van der Waals surface area contributed by atoms with Crippen LogP contribution in [0.5, 0.6) is 0 Å². The average molecular weight is 292 g/mol. The molecule has 0 unspecified atom stereocenters. The number of nitrogens with zero attached hydrogens (tertiary/aromatic N) is 1.